The van der Waals surface area contributed by atoms with Crippen LogP contribution in [-0.4, -0.2) is 11.9 Å². The molecule has 0 saturated carbocycles. The fraction of sp³-hybridized carbons (Fsp3) is 0.188. The molecule has 2 aromatic carbocycles. The lowest BCUT2D eigenvalue weighted by Crippen LogP contribution is -2.34. The van der Waals surface area contributed by atoms with Crippen molar-refractivity contribution in [2.45, 2.75) is 19.4 Å². The predicted molar refractivity (Wildman–Crippen MR) is 82.9 cm³/mol. The van der Waals surface area contributed by atoms with Crippen molar-refractivity contribution in [2.24, 2.45) is 0 Å². The highest BCUT2D eigenvalue weighted by molar-refractivity contribution is 6.33. The summed E-state index contributed by atoms with van der Waals surface area (Å²) in [5.41, 5.74) is 7.73. The minimum absolute atomic E-state index is 0.0169. The smallest absolute Gasteiger partial charge is 0.253 e. The molecule has 0 saturated heterocycles. The molecule has 1 amide bonds. The van der Waals surface area contributed by atoms with Crippen molar-refractivity contribution in [3.63, 3.8) is 0 Å². The first kappa shape index (κ1) is 14.4. The van der Waals surface area contributed by atoms with Crippen LogP contribution in [0.1, 0.15) is 22.8 Å². The average Bonchev–Trinajstić information content (AvgIpc) is 2.42. The highest BCUT2D eigenvalue weighted by Gasteiger charge is 2.14. The van der Waals surface area contributed by atoms with E-state index >= 15 is 0 Å². The predicted octanol–water partition coefficient (Wildman–Crippen LogP) is 3.28. The van der Waals surface area contributed by atoms with Crippen LogP contribution in [0, 0.1) is 0 Å². The van der Waals surface area contributed by atoms with Crippen molar-refractivity contribution in [3.05, 3.63) is 64.7 Å². The number of halogens is 1. The Morgan fingerprint density at radius 1 is 1.20 bits per heavy atom. The van der Waals surface area contributed by atoms with Crippen LogP contribution in [0.5, 0.6) is 0 Å². The van der Waals surface area contributed by atoms with E-state index in [1.54, 1.807) is 18.2 Å². The van der Waals surface area contributed by atoms with E-state index in [2.05, 4.69) is 5.32 Å². The second kappa shape index (κ2) is 6.44. The van der Waals surface area contributed by atoms with E-state index in [1.165, 1.54) is 5.56 Å². The number of nitrogen functional groups attached to an aromatic ring is 1. The molecule has 0 aromatic heterocycles. The van der Waals surface area contributed by atoms with Crippen LogP contribution in [0.4, 0.5) is 5.69 Å². The highest BCUT2D eigenvalue weighted by atomic mass is 35.5. The quantitative estimate of drug-likeness (QED) is 0.848. The zero-order valence-electron chi connectivity index (χ0n) is 11.3. The molecule has 0 aliphatic carbocycles. The maximum atomic E-state index is 12.2. The molecule has 1 atom stereocenters. The van der Waals surface area contributed by atoms with Gasteiger partial charge in [-0.2, -0.15) is 0 Å². The first-order chi connectivity index (χ1) is 9.58. The lowest BCUT2D eigenvalue weighted by atomic mass is 10.1. The van der Waals surface area contributed by atoms with E-state index in [0.29, 0.717) is 16.3 Å². The summed E-state index contributed by atoms with van der Waals surface area (Å²) >= 11 is 5.92. The van der Waals surface area contributed by atoms with Crippen LogP contribution in [-0.2, 0) is 6.42 Å². The van der Waals surface area contributed by atoms with Crippen molar-refractivity contribution in [1.29, 1.82) is 0 Å². The third-order valence-corrected chi connectivity index (χ3v) is 3.39. The van der Waals surface area contributed by atoms with Gasteiger partial charge in [0.15, 0.2) is 0 Å². The van der Waals surface area contributed by atoms with Crippen molar-refractivity contribution in [1.82, 2.24) is 5.32 Å². The number of nitrogens with two attached hydrogens (primary N) is 1. The number of para-hydroxylation sites is 1. The Hall–Kier alpha value is -2.00. The Labute approximate surface area is 123 Å². The molecule has 2 rings (SSSR count). The first-order valence-corrected chi connectivity index (χ1v) is 6.84. The molecule has 4 heteroatoms. The van der Waals surface area contributed by atoms with Crippen LogP contribution >= 0.6 is 11.6 Å². The molecule has 2 aromatic rings. The third kappa shape index (κ3) is 3.52. The van der Waals surface area contributed by atoms with Crippen molar-refractivity contribution < 1.29 is 4.79 Å². The molecule has 20 heavy (non-hydrogen) atoms. The van der Waals surface area contributed by atoms with E-state index in [0.717, 1.165) is 6.42 Å². The SMILES string of the molecule is CC(Cc1ccccc1)NC(=O)c1cccc(Cl)c1N. The van der Waals surface area contributed by atoms with Crippen molar-refractivity contribution in [3.8, 4) is 0 Å². The molecule has 1 unspecified atom stereocenters. The van der Waals surface area contributed by atoms with Gasteiger partial charge in [0.1, 0.15) is 0 Å². The summed E-state index contributed by atoms with van der Waals surface area (Å²) in [5.74, 6) is -0.201. The number of nitrogens with one attached hydrogen (secondary N) is 1. The molecular weight excluding hydrogens is 272 g/mol. The fourth-order valence-corrected chi connectivity index (χ4v) is 2.23. The summed E-state index contributed by atoms with van der Waals surface area (Å²) in [4.78, 5) is 12.2. The maximum Gasteiger partial charge on any atom is 0.253 e. The summed E-state index contributed by atoms with van der Waals surface area (Å²) < 4.78 is 0. The summed E-state index contributed by atoms with van der Waals surface area (Å²) in [6.07, 6.45) is 0.771. The van der Waals surface area contributed by atoms with Gasteiger partial charge in [-0.25, -0.2) is 0 Å². The van der Waals surface area contributed by atoms with E-state index in [1.807, 2.05) is 37.3 Å². The number of benzene rings is 2. The molecule has 0 radical (unpaired) electrons. The Morgan fingerprint density at radius 2 is 1.90 bits per heavy atom. The topological polar surface area (TPSA) is 55.1 Å². The third-order valence-electron chi connectivity index (χ3n) is 3.06. The number of amides is 1. The molecule has 3 nitrogen and oxygen atoms in total. The van der Waals surface area contributed by atoms with Gasteiger partial charge in [-0.1, -0.05) is 48.0 Å². The molecule has 0 aliphatic rings. The second-order valence-electron chi connectivity index (χ2n) is 4.77. The first-order valence-electron chi connectivity index (χ1n) is 6.46. The van der Waals surface area contributed by atoms with Crippen molar-refractivity contribution in [2.75, 3.05) is 5.73 Å². The normalized spacial score (nSPS) is 11.9. The number of carbonyl (C=O) groups is 1. The maximum absolute atomic E-state index is 12.2. The summed E-state index contributed by atoms with van der Waals surface area (Å²) in [6, 6.07) is 15.1. The van der Waals surface area contributed by atoms with Gasteiger partial charge in [-0.3, -0.25) is 4.79 Å². The van der Waals surface area contributed by atoms with Gasteiger partial charge in [0.25, 0.3) is 5.91 Å². The van der Waals surface area contributed by atoms with Gasteiger partial charge in [-0.15, -0.1) is 0 Å². The Kier molecular flexibility index (Phi) is 4.64. The molecule has 0 bridgehead atoms. The second-order valence-corrected chi connectivity index (χ2v) is 5.17. The Bertz CT molecular complexity index is 599. The number of hydrogen-bond acceptors (Lipinski definition) is 2. The van der Waals surface area contributed by atoms with Crippen LogP contribution in [0.2, 0.25) is 5.02 Å². The Balaban J connectivity index is 2.02. The zero-order valence-corrected chi connectivity index (χ0v) is 12.0. The number of carbonyl (C=O) groups excluding carboxylic acids is 1. The van der Waals surface area contributed by atoms with Gasteiger partial charge < -0.3 is 11.1 Å². The lowest BCUT2D eigenvalue weighted by molar-refractivity contribution is 0.0941. The van der Waals surface area contributed by atoms with Gasteiger partial charge in [0.05, 0.1) is 16.3 Å². The summed E-state index contributed by atoms with van der Waals surface area (Å²) in [6.45, 7) is 1.96. The van der Waals surface area contributed by atoms with E-state index < -0.39 is 0 Å². The fourth-order valence-electron chi connectivity index (χ4n) is 2.06. The number of hydrogen-bond donors (Lipinski definition) is 2. The van der Waals surface area contributed by atoms with Crippen molar-refractivity contribution >= 4 is 23.2 Å². The largest absolute Gasteiger partial charge is 0.397 e. The van der Waals surface area contributed by atoms with Crippen LogP contribution in [0.25, 0.3) is 0 Å². The minimum atomic E-state index is -0.201. The van der Waals surface area contributed by atoms with E-state index in [9.17, 15) is 4.79 Å². The van der Waals surface area contributed by atoms with Gasteiger partial charge in [0.2, 0.25) is 0 Å². The molecule has 104 valence electrons. The molecule has 3 N–H and O–H groups in total. The Morgan fingerprint density at radius 3 is 2.60 bits per heavy atom. The van der Waals surface area contributed by atoms with Gasteiger partial charge in [0, 0.05) is 6.04 Å². The standard InChI is InChI=1S/C16H17ClN2O/c1-11(10-12-6-3-2-4-7-12)19-16(20)13-8-5-9-14(17)15(13)18/h2-9,11H,10,18H2,1H3,(H,19,20). The van der Waals surface area contributed by atoms with Crippen LogP contribution < -0.4 is 11.1 Å². The van der Waals surface area contributed by atoms with E-state index in [4.69, 9.17) is 17.3 Å². The highest BCUT2D eigenvalue weighted by Crippen LogP contribution is 2.22. The van der Waals surface area contributed by atoms with Crippen LogP contribution in [0.3, 0.4) is 0 Å². The molecular formula is C16H17ClN2O. The van der Waals surface area contributed by atoms with Gasteiger partial charge >= 0.3 is 0 Å². The lowest BCUT2D eigenvalue weighted by Gasteiger charge is -2.15. The molecule has 0 fully saturated rings. The van der Waals surface area contributed by atoms with Crippen LogP contribution in [0.15, 0.2) is 48.5 Å². The average molecular weight is 289 g/mol. The summed E-state index contributed by atoms with van der Waals surface area (Å²) in [7, 11) is 0. The molecule has 0 heterocycles. The molecule has 0 aliphatic heterocycles. The van der Waals surface area contributed by atoms with Gasteiger partial charge in [-0.05, 0) is 31.0 Å². The summed E-state index contributed by atoms with van der Waals surface area (Å²) in [5, 5.41) is 3.33. The molecule has 0 spiro atoms. The minimum Gasteiger partial charge on any atom is -0.397 e. The number of anilines is 1. The monoisotopic (exact) mass is 288 g/mol. The van der Waals surface area contributed by atoms with E-state index in [-0.39, 0.29) is 11.9 Å². The number of rotatable bonds is 4. The zero-order chi connectivity index (χ0) is 14.5.